The first kappa shape index (κ1) is 28.4. The largest absolute Gasteiger partial charge is 0.756 e. The van der Waals surface area contributed by atoms with E-state index >= 15 is 0 Å². The highest BCUT2D eigenvalue weighted by Gasteiger charge is 2.19. The number of nitrogens with one attached hydrogen (secondary N) is 2. The zero-order valence-corrected chi connectivity index (χ0v) is 18.3. The number of phosphoric ester groups is 1. The second kappa shape index (κ2) is 17.1. The summed E-state index contributed by atoms with van der Waals surface area (Å²) in [6.07, 6.45) is -1.11. The second-order valence-corrected chi connectivity index (χ2v) is 7.14. The topological polar surface area (TPSA) is 171 Å². The maximum Gasteiger partial charge on any atom is 0.303 e. The van der Waals surface area contributed by atoms with Crippen LogP contribution in [0.15, 0.2) is 0 Å². The van der Waals surface area contributed by atoms with Crippen LogP contribution in [0.4, 0.5) is 0 Å². The van der Waals surface area contributed by atoms with Crippen LogP contribution >= 0.6 is 7.82 Å². The number of esters is 2. The summed E-state index contributed by atoms with van der Waals surface area (Å²) in [4.78, 5) is 45.0. The van der Waals surface area contributed by atoms with Gasteiger partial charge in [0.25, 0.3) is 7.82 Å². The first-order valence-corrected chi connectivity index (χ1v) is 10.6. The van der Waals surface area contributed by atoms with Crippen molar-refractivity contribution in [3.8, 4) is 0 Å². The Morgan fingerprint density at radius 2 is 1.63 bits per heavy atom. The third-order valence-electron chi connectivity index (χ3n) is 3.00. The zero-order valence-electron chi connectivity index (χ0n) is 17.4. The lowest BCUT2D eigenvalue weighted by atomic mass is 10.4. The molecule has 0 fully saturated rings. The Hall–Kier alpha value is -1.60. The van der Waals surface area contributed by atoms with Crippen molar-refractivity contribution in [3.05, 3.63) is 0 Å². The van der Waals surface area contributed by atoms with Crippen molar-refractivity contribution < 1.29 is 51.8 Å². The molecule has 176 valence electrons. The quantitative estimate of drug-likeness (QED) is 0.137. The van der Waals surface area contributed by atoms with Crippen LogP contribution in [-0.2, 0) is 46.9 Å². The summed E-state index contributed by atoms with van der Waals surface area (Å²) in [6, 6.07) is 0. The van der Waals surface area contributed by atoms with E-state index in [1.54, 1.807) is 7.05 Å². The van der Waals surface area contributed by atoms with Crippen LogP contribution in [0.3, 0.4) is 0 Å². The molecule has 0 aliphatic heterocycles. The average Bonchev–Trinajstić information content (AvgIpc) is 2.66. The van der Waals surface area contributed by atoms with E-state index in [9.17, 15) is 23.8 Å². The molecule has 2 atom stereocenters. The van der Waals surface area contributed by atoms with Crippen molar-refractivity contribution in [2.75, 3.05) is 66.4 Å². The van der Waals surface area contributed by atoms with Crippen LogP contribution in [0.2, 0.25) is 0 Å². The minimum Gasteiger partial charge on any atom is -0.756 e. The second-order valence-electron chi connectivity index (χ2n) is 5.73. The van der Waals surface area contributed by atoms with Gasteiger partial charge in [0.2, 0.25) is 5.91 Å². The van der Waals surface area contributed by atoms with Crippen LogP contribution in [0.25, 0.3) is 0 Å². The van der Waals surface area contributed by atoms with Gasteiger partial charge in [-0.2, -0.15) is 0 Å². The van der Waals surface area contributed by atoms with E-state index in [2.05, 4.69) is 24.4 Å². The normalized spacial score (nSPS) is 13.9. The first-order valence-electron chi connectivity index (χ1n) is 9.13. The van der Waals surface area contributed by atoms with Gasteiger partial charge in [0, 0.05) is 26.9 Å². The standard InChI is InChI=1S/C16H31N2O11P/c1-13(19)26-10-15(29-14(2)20)11-28-30(22,23)27-7-5-18-16(21)12-25-9-8-24-6-4-17-3/h15,17H,4-12H2,1-3H3,(H,18,21)(H,22,23)/p-1/t15-/m1/s1. The molecule has 0 radical (unpaired) electrons. The van der Waals surface area contributed by atoms with E-state index in [1.165, 1.54) is 0 Å². The first-order chi connectivity index (χ1) is 14.2. The number of likely N-dealkylation sites (N-methyl/N-ethyl adjacent to an activating group) is 1. The minimum atomic E-state index is -4.72. The number of ether oxygens (including phenoxy) is 4. The fraction of sp³-hybridized carbons (Fsp3) is 0.812. The van der Waals surface area contributed by atoms with Crippen molar-refractivity contribution in [3.63, 3.8) is 0 Å². The Bertz CT molecular complexity index is 561. The number of phosphoric acid groups is 1. The van der Waals surface area contributed by atoms with E-state index in [0.29, 0.717) is 19.8 Å². The van der Waals surface area contributed by atoms with E-state index in [4.69, 9.17) is 14.2 Å². The van der Waals surface area contributed by atoms with Crippen molar-refractivity contribution in [2.24, 2.45) is 0 Å². The Morgan fingerprint density at radius 1 is 0.933 bits per heavy atom. The van der Waals surface area contributed by atoms with E-state index in [-0.39, 0.29) is 33.0 Å². The molecule has 0 heterocycles. The molecule has 1 amide bonds. The lowest BCUT2D eigenvalue weighted by Gasteiger charge is -2.25. The van der Waals surface area contributed by atoms with Crippen LogP contribution in [-0.4, -0.2) is 90.3 Å². The molecule has 0 spiro atoms. The molecule has 0 saturated heterocycles. The molecule has 0 aromatic heterocycles. The van der Waals surface area contributed by atoms with Gasteiger partial charge < -0.3 is 43.5 Å². The maximum absolute atomic E-state index is 11.7. The SMILES string of the molecule is CNCCOCCOCC(=O)NCCOP(=O)([O-])OC[C@@H](COC(C)=O)OC(C)=O. The van der Waals surface area contributed by atoms with E-state index in [1.807, 2.05) is 0 Å². The summed E-state index contributed by atoms with van der Waals surface area (Å²) >= 11 is 0. The van der Waals surface area contributed by atoms with Gasteiger partial charge in [-0.15, -0.1) is 0 Å². The number of hydrogen-bond donors (Lipinski definition) is 2. The van der Waals surface area contributed by atoms with Gasteiger partial charge in [0.05, 0.1) is 33.0 Å². The summed E-state index contributed by atoms with van der Waals surface area (Å²) < 4.78 is 40.6. The zero-order chi connectivity index (χ0) is 22.8. The molecule has 2 N–H and O–H groups in total. The van der Waals surface area contributed by atoms with Crippen molar-refractivity contribution in [1.82, 2.24) is 10.6 Å². The number of carbonyl (C=O) groups is 3. The summed E-state index contributed by atoms with van der Waals surface area (Å²) in [7, 11) is -2.92. The molecule has 1 unspecified atom stereocenters. The van der Waals surface area contributed by atoms with Gasteiger partial charge in [-0.1, -0.05) is 0 Å². The molecule has 0 rings (SSSR count). The molecule has 13 nitrogen and oxygen atoms in total. The minimum absolute atomic E-state index is 0.0999. The van der Waals surface area contributed by atoms with Gasteiger partial charge >= 0.3 is 11.9 Å². The molecule has 0 aliphatic carbocycles. The Balaban J connectivity index is 3.95. The average molecular weight is 457 g/mol. The van der Waals surface area contributed by atoms with Gasteiger partial charge in [-0.05, 0) is 7.05 Å². The Labute approximate surface area is 175 Å². The molecule has 14 heteroatoms. The molecular weight excluding hydrogens is 427 g/mol. The molecule has 0 bridgehead atoms. The predicted octanol–water partition coefficient (Wildman–Crippen LogP) is -1.65. The van der Waals surface area contributed by atoms with Crippen molar-refractivity contribution >= 4 is 25.7 Å². The van der Waals surface area contributed by atoms with Crippen LogP contribution in [0.1, 0.15) is 13.8 Å². The summed E-state index contributed by atoms with van der Waals surface area (Å²) in [5.41, 5.74) is 0. The highest BCUT2D eigenvalue weighted by atomic mass is 31.2. The lowest BCUT2D eigenvalue weighted by Crippen LogP contribution is -2.32. The number of carbonyl (C=O) groups excluding carboxylic acids is 3. The van der Waals surface area contributed by atoms with Crippen LogP contribution in [0, 0.1) is 0 Å². The van der Waals surface area contributed by atoms with Gasteiger partial charge in [-0.25, -0.2) is 0 Å². The van der Waals surface area contributed by atoms with Gasteiger partial charge in [0.15, 0.2) is 6.10 Å². The maximum atomic E-state index is 11.7. The lowest BCUT2D eigenvalue weighted by molar-refractivity contribution is -0.228. The third kappa shape index (κ3) is 18.4. The van der Waals surface area contributed by atoms with Crippen LogP contribution < -0.4 is 15.5 Å². The Kier molecular flexibility index (Phi) is 16.2. The molecular formula is C16H30N2O11P-. The third-order valence-corrected chi connectivity index (χ3v) is 3.96. The highest BCUT2D eigenvalue weighted by molar-refractivity contribution is 7.45. The fourth-order valence-corrected chi connectivity index (χ4v) is 2.47. The van der Waals surface area contributed by atoms with Gasteiger partial charge in [-0.3, -0.25) is 18.9 Å². The smallest absolute Gasteiger partial charge is 0.303 e. The summed E-state index contributed by atoms with van der Waals surface area (Å²) in [5, 5.41) is 5.32. The Morgan fingerprint density at radius 3 is 2.27 bits per heavy atom. The molecule has 0 aliphatic rings. The molecule has 0 saturated carbocycles. The number of hydrogen-bond acceptors (Lipinski definition) is 12. The van der Waals surface area contributed by atoms with Crippen molar-refractivity contribution in [2.45, 2.75) is 20.0 Å². The molecule has 0 aromatic carbocycles. The highest BCUT2D eigenvalue weighted by Crippen LogP contribution is 2.38. The van der Waals surface area contributed by atoms with Gasteiger partial charge in [0.1, 0.15) is 13.2 Å². The summed E-state index contributed by atoms with van der Waals surface area (Å²) in [5.74, 6) is -1.78. The van der Waals surface area contributed by atoms with E-state index in [0.717, 1.165) is 13.8 Å². The summed E-state index contributed by atoms with van der Waals surface area (Å²) in [6.45, 7) is 2.45. The number of amides is 1. The molecule has 30 heavy (non-hydrogen) atoms. The predicted molar refractivity (Wildman–Crippen MR) is 100 cm³/mol. The monoisotopic (exact) mass is 457 g/mol. The van der Waals surface area contributed by atoms with E-state index < -0.39 is 38.4 Å². The molecule has 0 aromatic rings. The van der Waals surface area contributed by atoms with Crippen molar-refractivity contribution in [1.29, 1.82) is 0 Å². The fourth-order valence-electron chi connectivity index (χ4n) is 1.73. The number of rotatable bonds is 18. The van der Waals surface area contributed by atoms with Crippen LogP contribution in [0.5, 0.6) is 0 Å².